The minimum absolute atomic E-state index is 1.76. The number of carbonyl (C=O) groups is 2. The first-order valence-electron chi connectivity index (χ1n) is 4.49. The molecule has 0 saturated heterocycles. The van der Waals surface area contributed by atoms with Gasteiger partial charge in [-0.3, -0.25) is 9.59 Å². The van der Waals surface area contributed by atoms with Crippen LogP contribution in [0.25, 0.3) is 0 Å². The van der Waals surface area contributed by atoms with Crippen molar-refractivity contribution < 1.29 is 71.7 Å². The second-order valence-corrected chi connectivity index (χ2v) is 3.40. The van der Waals surface area contributed by atoms with E-state index in [-0.39, 0.29) is 0 Å². The Bertz CT molecular complexity index is 441. The maximum Gasteiger partial charge on any atom is 0.492 e. The quantitative estimate of drug-likeness (QED) is 0.406. The SMILES string of the molecule is O=C(F)C(F)(OC(F)(F)OC(F)(C(=O)F)C(F)(F)F)C(F)(F)F. The Labute approximate surface area is 115 Å². The third-order valence-corrected chi connectivity index (χ3v) is 1.75. The van der Waals surface area contributed by atoms with E-state index in [4.69, 9.17) is 0 Å². The van der Waals surface area contributed by atoms with Crippen molar-refractivity contribution in [1.82, 2.24) is 0 Å². The van der Waals surface area contributed by atoms with E-state index in [0.717, 1.165) is 0 Å². The summed E-state index contributed by atoms with van der Waals surface area (Å²) in [5.74, 6) is -13.2. The molecule has 0 aliphatic rings. The molecule has 0 spiro atoms. The van der Waals surface area contributed by atoms with Crippen molar-refractivity contribution in [3.8, 4) is 0 Å². The minimum atomic E-state index is -6.93. The molecule has 0 bridgehead atoms. The number of rotatable bonds is 6. The number of hydrogen-bond acceptors (Lipinski definition) is 4. The molecule has 136 valence electrons. The number of halogens is 12. The largest absolute Gasteiger partial charge is 0.492 e. The number of alkyl halides is 10. The zero-order valence-electron chi connectivity index (χ0n) is 9.67. The molecule has 0 amide bonds. The van der Waals surface area contributed by atoms with Gasteiger partial charge in [-0.2, -0.15) is 43.9 Å². The highest BCUT2D eigenvalue weighted by molar-refractivity contribution is 5.78. The Morgan fingerprint density at radius 3 is 0.913 bits per heavy atom. The van der Waals surface area contributed by atoms with Gasteiger partial charge in [-0.15, -0.1) is 8.78 Å². The van der Waals surface area contributed by atoms with Gasteiger partial charge in [-0.1, -0.05) is 0 Å². The van der Waals surface area contributed by atoms with Crippen LogP contribution in [-0.2, 0) is 19.1 Å². The van der Waals surface area contributed by atoms with Gasteiger partial charge in [0.2, 0.25) is 0 Å². The van der Waals surface area contributed by atoms with Gasteiger partial charge in [0.25, 0.3) is 0 Å². The summed E-state index contributed by atoms with van der Waals surface area (Å²) in [5.41, 5.74) is 0. The van der Waals surface area contributed by atoms with E-state index in [1.165, 1.54) is 0 Å². The summed E-state index contributed by atoms with van der Waals surface area (Å²) >= 11 is 0. The van der Waals surface area contributed by atoms with Crippen LogP contribution in [0.2, 0.25) is 0 Å². The molecule has 0 N–H and O–H groups in total. The molecule has 0 aromatic carbocycles. The van der Waals surface area contributed by atoms with Gasteiger partial charge >= 0.3 is 42.4 Å². The normalized spacial score (nSPS) is 19.0. The molecule has 0 saturated carbocycles. The van der Waals surface area contributed by atoms with E-state index >= 15 is 0 Å². The lowest BCUT2D eigenvalue weighted by Crippen LogP contribution is -2.58. The molecular formula is C7F12O4. The Balaban J connectivity index is 5.75. The van der Waals surface area contributed by atoms with Crippen molar-refractivity contribution >= 4 is 12.1 Å². The van der Waals surface area contributed by atoms with E-state index in [1.807, 2.05) is 0 Å². The van der Waals surface area contributed by atoms with E-state index in [0.29, 0.717) is 0 Å². The average molecular weight is 376 g/mol. The molecule has 23 heavy (non-hydrogen) atoms. The first-order valence-corrected chi connectivity index (χ1v) is 4.49. The van der Waals surface area contributed by atoms with Crippen LogP contribution in [0.4, 0.5) is 52.7 Å². The van der Waals surface area contributed by atoms with Crippen LogP contribution < -0.4 is 0 Å². The molecule has 0 aromatic rings. The zero-order chi connectivity index (χ0) is 19.1. The predicted molar refractivity (Wildman–Crippen MR) is 39.1 cm³/mol. The summed E-state index contributed by atoms with van der Waals surface area (Å²) in [6.45, 7) is 0. The van der Waals surface area contributed by atoms with Crippen molar-refractivity contribution in [3.05, 3.63) is 0 Å². The Morgan fingerprint density at radius 2 is 0.783 bits per heavy atom. The fourth-order valence-electron chi connectivity index (χ4n) is 0.767. The highest BCUT2D eigenvalue weighted by Gasteiger charge is 2.73. The van der Waals surface area contributed by atoms with Gasteiger partial charge in [-0.25, -0.2) is 9.47 Å². The van der Waals surface area contributed by atoms with Crippen LogP contribution in [0.5, 0.6) is 0 Å². The lowest BCUT2D eigenvalue weighted by Gasteiger charge is -2.31. The zero-order valence-corrected chi connectivity index (χ0v) is 9.67. The highest BCUT2D eigenvalue weighted by Crippen LogP contribution is 2.45. The number of carbonyl (C=O) groups excluding carboxylic acids is 2. The van der Waals surface area contributed by atoms with Crippen molar-refractivity contribution in [1.29, 1.82) is 0 Å². The monoisotopic (exact) mass is 376 g/mol. The van der Waals surface area contributed by atoms with E-state index < -0.39 is 42.4 Å². The molecule has 2 unspecified atom stereocenters. The van der Waals surface area contributed by atoms with Crippen LogP contribution in [0, 0.1) is 0 Å². The molecule has 0 fully saturated rings. The Morgan fingerprint density at radius 1 is 0.565 bits per heavy atom. The van der Waals surface area contributed by atoms with Crippen LogP contribution in [0.1, 0.15) is 0 Å². The summed E-state index contributed by atoms with van der Waals surface area (Å²) in [6, 6.07) is -8.67. The molecule has 0 aliphatic carbocycles. The van der Waals surface area contributed by atoms with Crippen molar-refractivity contribution in [2.75, 3.05) is 0 Å². The lowest BCUT2D eigenvalue weighted by atomic mass is 10.3. The van der Waals surface area contributed by atoms with Crippen molar-refractivity contribution in [3.63, 3.8) is 0 Å². The molecule has 16 heteroatoms. The van der Waals surface area contributed by atoms with Crippen molar-refractivity contribution in [2.45, 2.75) is 30.4 Å². The number of hydrogen-bond donors (Lipinski definition) is 0. The summed E-state index contributed by atoms with van der Waals surface area (Å²) in [5, 5.41) is 0. The Kier molecular flexibility index (Phi) is 5.41. The standard InChI is InChI=1S/C7F12O4/c8-1(20)3(10,5(12,13)14)22-7(18,19)23-4(11,2(9)21)6(15,16)17. The van der Waals surface area contributed by atoms with Crippen LogP contribution in [-0.4, -0.2) is 42.4 Å². The van der Waals surface area contributed by atoms with Crippen LogP contribution >= 0.6 is 0 Å². The molecule has 4 nitrogen and oxygen atoms in total. The second kappa shape index (κ2) is 5.81. The molecule has 0 aliphatic heterocycles. The summed E-state index contributed by atoms with van der Waals surface area (Å²) in [6.07, 6.45) is -20.6. The topological polar surface area (TPSA) is 52.6 Å². The van der Waals surface area contributed by atoms with Crippen molar-refractivity contribution in [2.24, 2.45) is 0 Å². The van der Waals surface area contributed by atoms with Gasteiger partial charge in [0.1, 0.15) is 0 Å². The van der Waals surface area contributed by atoms with Gasteiger partial charge < -0.3 is 0 Å². The summed E-state index contributed by atoms with van der Waals surface area (Å²) in [4.78, 5) is 19.5. The van der Waals surface area contributed by atoms with Gasteiger partial charge in [0.05, 0.1) is 0 Å². The first-order chi connectivity index (χ1) is 9.80. The summed E-state index contributed by atoms with van der Waals surface area (Å²) < 4.78 is 150. The van der Waals surface area contributed by atoms with Gasteiger partial charge in [-0.05, 0) is 0 Å². The first kappa shape index (κ1) is 21.4. The fourth-order valence-corrected chi connectivity index (χ4v) is 0.767. The smallest absolute Gasteiger partial charge is 0.254 e. The van der Waals surface area contributed by atoms with E-state index in [9.17, 15) is 62.3 Å². The molecule has 2 atom stereocenters. The maximum absolute atomic E-state index is 12.8. The minimum Gasteiger partial charge on any atom is -0.254 e. The third kappa shape index (κ3) is 4.24. The van der Waals surface area contributed by atoms with E-state index in [2.05, 4.69) is 0 Å². The predicted octanol–water partition coefficient (Wildman–Crippen LogP) is 3.02. The maximum atomic E-state index is 12.8. The van der Waals surface area contributed by atoms with E-state index in [1.54, 1.807) is 9.47 Å². The lowest BCUT2D eigenvalue weighted by molar-refractivity contribution is -0.512. The third-order valence-electron chi connectivity index (χ3n) is 1.75. The fraction of sp³-hybridized carbons (Fsp3) is 0.714. The highest BCUT2D eigenvalue weighted by atomic mass is 19.4. The Hall–Kier alpha value is -1.58. The molecule has 0 heterocycles. The molecule has 0 aromatic heterocycles. The molecule has 0 rings (SSSR count). The summed E-state index contributed by atoms with van der Waals surface area (Å²) in [7, 11) is 0. The van der Waals surface area contributed by atoms with Crippen LogP contribution in [0.15, 0.2) is 0 Å². The molecule has 0 radical (unpaired) electrons. The van der Waals surface area contributed by atoms with Gasteiger partial charge in [0, 0.05) is 0 Å². The number of ether oxygens (including phenoxy) is 2. The van der Waals surface area contributed by atoms with Gasteiger partial charge in [0.15, 0.2) is 0 Å². The average Bonchev–Trinajstić information content (AvgIpc) is 2.23. The second-order valence-electron chi connectivity index (χ2n) is 3.40. The van der Waals surface area contributed by atoms with Crippen LogP contribution in [0.3, 0.4) is 0 Å². The molecular weight excluding hydrogens is 376 g/mol.